The number of rotatable bonds is 7. The molecule has 140 valence electrons. The number of nitrogens with zero attached hydrogens (tertiary/aromatic N) is 1. The van der Waals surface area contributed by atoms with Crippen LogP contribution in [-0.4, -0.2) is 26.1 Å². The maximum Gasteiger partial charge on any atom is 0.242 e. The van der Waals surface area contributed by atoms with Crippen molar-refractivity contribution in [3.05, 3.63) is 54.2 Å². The Hall–Kier alpha value is -1.92. The molecule has 0 radical (unpaired) electrons. The van der Waals surface area contributed by atoms with Crippen LogP contribution in [0.25, 0.3) is 0 Å². The molecule has 1 fully saturated rings. The molecule has 1 saturated carbocycles. The van der Waals surface area contributed by atoms with Crippen LogP contribution >= 0.6 is 0 Å². The van der Waals surface area contributed by atoms with Crippen LogP contribution in [0.15, 0.2) is 53.6 Å². The molecular weight excluding hydrogens is 348 g/mol. The third-order valence-corrected chi connectivity index (χ3v) is 6.57. The van der Waals surface area contributed by atoms with Crippen LogP contribution in [-0.2, 0) is 15.4 Å². The predicted octanol–water partition coefficient (Wildman–Crippen LogP) is 3.52. The van der Waals surface area contributed by atoms with Crippen molar-refractivity contribution in [1.82, 2.24) is 9.71 Å². The lowest BCUT2D eigenvalue weighted by atomic mass is 9.88. The van der Waals surface area contributed by atoms with Gasteiger partial charge in [0.1, 0.15) is 4.90 Å². The zero-order chi connectivity index (χ0) is 19.0. The second-order valence-electron chi connectivity index (χ2n) is 7.83. The summed E-state index contributed by atoms with van der Waals surface area (Å²) in [6, 6.07) is 13.2. The van der Waals surface area contributed by atoms with Gasteiger partial charge in [0.15, 0.2) is 0 Å². The lowest BCUT2D eigenvalue weighted by Gasteiger charge is -2.22. The number of nitrogens with one attached hydrogen (secondary N) is 1. The third-order valence-electron chi connectivity index (χ3n) is 5.18. The second kappa shape index (κ2) is 6.67. The fourth-order valence-corrected chi connectivity index (χ4v) is 4.54. The van der Waals surface area contributed by atoms with E-state index >= 15 is 0 Å². The summed E-state index contributed by atoms with van der Waals surface area (Å²) >= 11 is 0. The molecule has 6 heteroatoms. The highest BCUT2D eigenvalue weighted by Crippen LogP contribution is 2.63. The summed E-state index contributed by atoms with van der Waals surface area (Å²) in [7, 11) is -3.62. The van der Waals surface area contributed by atoms with Crippen molar-refractivity contribution in [1.29, 1.82) is 0 Å². The Bertz CT molecular complexity index is 862. The Balaban J connectivity index is 1.76. The van der Waals surface area contributed by atoms with Gasteiger partial charge in [-0.15, -0.1) is 0 Å². The third kappa shape index (κ3) is 3.62. The van der Waals surface area contributed by atoms with Crippen LogP contribution in [0.1, 0.15) is 39.7 Å². The highest BCUT2D eigenvalue weighted by Gasteiger charge is 2.61. The number of aromatic nitrogens is 1. The van der Waals surface area contributed by atoms with Gasteiger partial charge in [-0.2, -0.15) is 0 Å². The molecule has 2 aromatic rings. The van der Waals surface area contributed by atoms with Crippen molar-refractivity contribution in [2.75, 3.05) is 6.54 Å². The van der Waals surface area contributed by atoms with E-state index in [1.807, 2.05) is 32.0 Å². The van der Waals surface area contributed by atoms with Crippen molar-refractivity contribution < 1.29 is 13.2 Å². The number of benzene rings is 1. The van der Waals surface area contributed by atoms with Crippen LogP contribution in [0.5, 0.6) is 5.88 Å². The summed E-state index contributed by atoms with van der Waals surface area (Å²) in [6.45, 7) is 8.51. The molecule has 26 heavy (non-hydrogen) atoms. The lowest BCUT2D eigenvalue weighted by Crippen LogP contribution is -2.34. The normalized spacial score (nSPS) is 21.6. The molecule has 5 nitrogen and oxygen atoms in total. The molecule has 1 N–H and O–H groups in total. The molecule has 0 bridgehead atoms. The molecule has 0 spiro atoms. The van der Waals surface area contributed by atoms with E-state index in [4.69, 9.17) is 4.74 Å². The minimum Gasteiger partial charge on any atom is -0.475 e. The van der Waals surface area contributed by atoms with Crippen LogP contribution in [0.2, 0.25) is 0 Å². The number of ether oxygens (including phenoxy) is 1. The average molecular weight is 375 g/mol. The van der Waals surface area contributed by atoms with Crippen LogP contribution in [0.3, 0.4) is 0 Å². The highest BCUT2D eigenvalue weighted by molar-refractivity contribution is 7.89. The van der Waals surface area contributed by atoms with Crippen molar-refractivity contribution >= 4 is 10.0 Å². The Morgan fingerprint density at radius 1 is 1.15 bits per heavy atom. The van der Waals surface area contributed by atoms with E-state index in [-0.39, 0.29) is 21.8 Å². The summed E-state index contributed by atoms with van der Waals surface area (Å²) in [6.07, 6.45) is 2.28. The summed E-state index contributed by atoms with van der Waals surface area (Å²) in [5.74, 6) is 0.419. The first-order valence-corrected chi connectivity index (χ1v) is 10.3. The van der Waals surface area contributed by atoms with E-state index in [9.17, 15) is 8.42 Å². The van der Waals surface area contributed by atoms with Gasteiger partial charge >= 0.3 is 0 Å². The minimum atomic E-state index is -3.62. The Morgan fingerprint density at radius 2 is 1.81 bits per heavy atom. The molecule has 1 aliphatic carbocycles. The minimum absolute atomic E-state index is 0.00842. The van der Waals surface area contributed by atoms with Gasteiger partial charge in [-0.05, 0) is 37.3 Å². The Morgan fingerprint density at radius 3 is 2.31 bits per heavy atom. The molecule has 1 aromatic carbocycles. The average Bonchev–Trinajstić information content (AvgIpc) is 3.17. The molecule has 1 heterocycles. The van der Waals surface area contributed by atoms with E-state index in [0.717, 1.165) is 6.42 Å². The fourth-order valence-electron chi connectivity index (χ4n) is 3.50. The number of hydrogen-bond acceptors (Lipinski definition) is 4. The molecule has 3 rings (SSSR count). The maximum absolute atomic E-state index is 12.7. The van der Waals surface area contributed by atoms with Crippen molar-refractivity contribution in [3.63, 3.8) is 0 Å². The summed E-state index contributed by atoms with van der Waals surface area (Å²) < 4.78 is 33.6. The molecule has 0 aliphatic heterocycles. The van der Waals surface area contributed by atoms with Gasteiger partial charge in [-0.1, -0.05) is 44.2 Å². The zero-order valence-electron chi connectivity index (χ0n) is 15.7. The quantitative estimate of drug-likeness (QED) is 0.805. The van der Waals surface area contributed by atoms with Gasteiger partial charge in [0.2, 0.25) is 15.9 Å². The summed E-state index contributed by atoms with van der Waals surface area (Å²) in [5, 5.41) is 0. The SMILES string of the molecule is CC(C)Oc1ccc(S(=O)(=O)NC[C@@]2(c3ccccc3)CC2(C)C)cn1. The lowest BCUT2D eigenvalue weighted by molar-refractivity contribution is 0.232. The van der Waals surface area contributed by atoms with E-state index in [2.05, 4.69) is 35.7 Å². The van der Waals surface area contributed by atoms with E-state index < -0.39 is 10.0 Å². The molecule has 0 amide bonds. The number of pyridine rings is 1. The van der Waals surface area contributed by atoms with Crippen LogP contribution in [0.4, 0.5) is 0 Å². The predicted molar refractivity (Wildman–Crippen MR) is 102 cm³/mol. The number of sulfonamides is 1. The topological polar surface area (TPSA) is 68.3 Å². The first-order valence-electron chi connectivity index (χ1n) is 8.84. The van der Waals surface area contributed by atoms with Gasteiger partial charge in [-0.25, -0.2) is 18.1 Å². The number of hydrogen-bond donors (Lipinski definition) is 1. The first-order chi connectivity index (χ1) is 12.2. The molecule has 1 aliphatic rings. The van der Waals surface area contributed by atoms with Gasteiger partial charge in [0.25, 0.3) is 0 Å². The van der Waals surface area contributed by atoms with Crippen LogP contribution in [0, 0.1) is 5.41 Å². The first kappa shape index (κ1) is 18.9. The Kier molecular flexibility index (Phi) is 4.84. The van der Waals surface area contributed by atoms with E-state index in [1.54, 1.807) is 6.07 Å². The van der Waals surface area contributed by atoms with E-state index in [0.29, 0.717) is 12.4 Å². The fraction of sp³-hybridized carbons (Fsp3) is 0.450. The smallest absolute Gasteiger partial charge is 0.242 e. The largest absolute Gasteiger partial charge is 0.475 e. The molecule has 0 unspecified atom stereocenters. The van der Waals surface area contributed by atoms with E-state index in [1.165, 1.54) is 17.8 Å². The zero-order valence-corrected chi connectivity index (χ0v) is 16.5. The van der Waals surface area contributed by atoms with Gasteiger partial charge in [0, 0.05) is 18.0 Å². The van der Waals surface area contributed by atoms with Gasteiger partial charge in [0.05, 0.1) is 12.3 Å². The summed E-state index contributed by atoms with van der Waals surface area (Å²) in [4.78, 5) is 4.24. The molecule has 0 saturated heterocycles. The van der Waals surface area contributed by atoms with Crippen LogP contribution < -0.4 is 9.46 Å². The monoisotopic (exact) mass is 374 g/mol. The standard InChI is InChI=1S/C20H26N2O3S/c1-15(2)25-18-11-10-17(12-21-18)26(23,24)22-14-20(13-19(20,3)4)16-8-6-5-7-9-16/h5-12,15,22H,13-14H2,1-4H3/t20-/m1/s1. The summed E-state index contributed by atoms with van der Waals surface area (Å²) in [5.41, 5.74) is 1.06. The van der Waals surface area contributed by atoms with Gasteiger partial charge < -0.3 is 4.74 Å². The molecule has 1 atom stereocenters. The van der Waals surface area contributed by atoms with Crippen molar-refractivity contribution in [2.45, 2.75) is 50.5 Å². The van der Waals surface area contributed by atoms with Crippen molar-refractivity contribution in [2.24, 2.45) is 5.41 Å². The molecule has 1 aromatic heterocycles. The maximum atomic E-state index is 12.7. The Labute approximate surface area is 155 Å². The highest BCUT2D eigenvalue weighted by atomic mass is 32.2. The second-order valence-corrected chi connectivity index (χ2v) is 9.60. The van der Waals surface area contributed by atoms with Crippen molar-refractivity contribution in [3.8, 4) is 5.88 Å². The van der Waals surface area contributed by atoms with Gasteiger partial charge in [-0.3, -0.25) is 0 Å². The molecular formula is C20H26N2O3S.